The van der Waals surface area contributed by atoms with Crippen LogP contribution in [0.4, 0.5) is 5.69 Å². The number of anilines is 1. The van der Waals surface area contributed by atoms with Crippen LogP contribution in [-0.4, -0.2) is 42.2 Å². The van der Waals surface area contributed by atoms with Crippen molar-refractivity contribution >= 4 is 11.7 Å². The number of carboxylic acids is 1. The number of fused-ring (bicyclic) bond motifs is 1. The summed E-state index contributed by atoms with van der Waals surface area (Å²) in [6.45, 7) is 3.18. The van der Waals surface area contributed by atoms with Gasteiger partial charge in [-0.3, -0.25) is 9.69 Å². The van der Waals surface area contributed by atoms with Crippen molar-refractivity contribution in [3.8, 4) is 0 Å². The maximum absolute atomic E-state index is 10.7. The van der Waals surface area contributed by atoms with Crippen LogP contribution >= 0.6 is 0 Å². The second-order valence-corrected chi connectivity index (χ2v) is 5.03. The van der Waals surface area contributed by atoms with Gasteiger partial charge < -0.3 is 10.4 Å². The maximum Gasteiger partial charge on any atom is 0.317 e. The molecule has 1 aromatic carbocycles. The van der Waals surface area contributed by atoms with E-state index in [1.54, 1.807) is 0 Å². The first-order chi connectivity index (χ1) is 8.56. The fourth-order valence-electron chi connectivity index (χ4n) is 2.35. The average Bonchev–Trinajstić information content (AvgIpc) is 2.75. The predicted octanol–water partition coefficient (Wildman–Crippen LogP) is 1.60. The number of carboxylic acid groups (broad SMARTS) is 1. The monoisotopic (exact) mass is 248 g/mol. The van der Waals surface area contributed by atoms with E-state index in [2.05, 4.69) is 30.4 Å². The topological polar surface area (TPSA) is 52.6 Å². The molecule has 0 saturated carbocycles. The minimum Gasteiger partial charge on any atom is -0.480 e. The number of carbonyl (C=O) groups is 1. The first kappa shape index (κ1) is 12.9. The third-order valence-electron chi connectivity index (χ3n) is 3.55. The second-order valence-electron chi connectivity index (χ2n) is 5.03. The van der Waals surface area contributed by atoms with Crippen LogP contribution in [0, 0.1) is 0 Å². The summed E-state index contributed by atoms with van der Waals surface area (Å²) in [5.74, 6) is -0.775. The van der Waals surface area contributed by atoms with E-state index in [1.165, 1.54) is 16.8 Å². The first-order valence-corrected chi connectivity index (χ1v) is 6.34. The number of nitrogens with one attached hydrogen (secondary N) is 1. The van der Waals surface area contributed by atoms with Gasteiger partial charge in [0.15, 0.2) is 0 Å². The Morgan fingerprint density at radius 3 is 3.06 bits per heavy atom. The molecule has 2 N–H and O–H groups in total. The van der Waals surface area contributed by atoms with E-state index in [9.17, 15) is 4.79 Å². The lowest BCUT2D eigenvalue weighted by atomic mass is 10.0. The zero-order valence-electron chi connectivity index (χ0n) is 10.9. The lowest BCUT2D eigenvalue weighted by molar-refractivity contribution is -0.138. The third kappa shape index (κ3) is 3.01. The number of hydrogen-bond donors (Lipinski definition) is 2. The van der Waals surface area contributed by atoms with Gasteiger partial charge in [0.25, 0.3) is 0 Å². The van der Waals surface area contributed by atoms with Crippen LogP contribution in [-0.2, 0) is 17.6 Å². The molecule has 1 atom stereocenters. The summed E-state index contributed by atoms with van der Waals surface area (Å²) in [6, 6.07) is 6.72. The van der Waals surface area contributed by atoms with Gasteiger partial charge in [-0.15, -0.1) is 0 Å². The molecular weight excluding hydrogens is 228 g/mol. The van der Waals surface area contributed by atoms with Crippen molar-refractivity contribution in [3.05, 3.63) is 29.3 Å². The van der Waals surface area contributed by atoms with E-state index in [-0.39, 0.29) is 12.6 Å². The van der Waals surface area contributed by atoms with Gasteiger partial charge in [-0.25, -0.2) is 0 Å². The molecule has 0 spiro atoms. The van der Waals surface area contributed by atoms with Gasteiger partial charge in [0, 0.05) is 18.3 Å². The summed E-state index contributed by atoms with van der Waals surface area (Å²) in [6.07, 6.45) is 1.97. The fraction of sp³-hybridized carbons (Fsp3) is 0.500. The minimum absolute atomic E-state index is 0.0909. The molecule has 0 saturated heterocycles. The summed E-state index contributed by atoms with van der Waals surface area (Å²) in [4.78, 5) is 12.5. The molecular formula is C14H20N2O2. The molecule has 0 radical (unpaired) electrons. The van der Waals surface area contributed by atoms with Crippen molar-refractivity contribution in [1.29, 1.82) is 0 Å². The Hall–Kier alpha value is -1.55. The van der Waals surface area contributed by atoms with Crippen LogP contribution in [0.15, 0.2) is 18.2 Å². The zero-order chi connectivity index (χ0) is 13.1. The number of likely N-dealkylation sites (N-methyl/N-ethyl adjacent to an activating group) is 1. The largest absolute Gasteiger partial charge is 0.480 e. The van der Waals surface area contributed by atoms with Crippen molar-refractivity contribution < 1.29 is 9.90 Å². The highest BCUT2D eigenvalue weighted by Gasteiger charge is 2.15. The van der Waals surface area contributed by atoms with Crippen molar-refractivity contribution in [2.75, 3.05) is 25.5 Å². The Morgan fingerprint density at radius 1 is 1.56 bits per heavy atom. The number of rotatable bonds is 5. The first-order valence-electron chi connectivity index (χ1n) is 6.34. The molecule has 1 aliphatic heterocycles. The van der Waals surface area contributed by atoms with Gasteiger partial charge in [0.05, 0.1) is 6.54 Å². The Labute approximate surface area is 108 Å². The van der Waals surface area contributed by atoms with Gasteiger partial charge in [-0.2, -0.15) is 0 Å². The summed E-state index contributed by atoms with van der Waals surface area (Å²) >= 11 is 0. The minimum atomic E-state index is -0.775. The van der Waals surface area contributed by atoms with Crippen molar-refractivity contribution in [1.82, 2.24) is 4.90 Å². The standard InChI is InChI=1S/C14H20N2O2/c1-10(16(2)9-14(17)18)7-11-3-4-13-12(8-11)5-6-15-13/h3-4,8,10,15H,5-7,9H2,1-2H3,(H,17,18). The molecule has 1 aliphatic rings. The Kier molecular flexibility index (Phi) is 3.87. The molecule has 0 aliphatic carbocycles. The molecule has 0 bridgehead atoms. The molecule has 4 heteroatoms. The van der Waals surface area contributed by atoms with E-state index < -0.39 is 5.97 Å². The molecule has 1 heterocycles. The summed E-state index contributed by atoms with van der Waals surface area (Å²) < 4.78 is 0. The van der Waals surface area contributed by atoms with Gasteiger partial charge in [-0.1, -0.05) is 12.1 Å². The highest BCUT2D eigenvalue weighted by atomic mass is 16.4. The van der Waals surface area contributed by atoms with E-state index in [0.717, 1.165) is 19.4 Å². The van der Waals surface area contributed by atoms with Gasteiger partial charge >= 0.3 is 5.97 Å². The van der Waals surface area contributed by atoms with Crippen molar-refractivity contribution in [3.63, 3.8) is 0 Å². The molecule has 0 amide bonds. The molecule has 1 aromatic rings. The summed E-state index contributed by atoms with van der Waals surface area (Å²) in [7, 11) is 1.85. The lowest BCUT2D eigenvalue weighted by Gasteiger charge is -2.23. The smallest absolute Gasteiger partial charge is 0.317 e. The third-order valence-corrected chi connectivity index (χ3v) is 3.55. The summed E-state index contributed by atoms with van der Waals surface area (Å²) in [5.41, 5.74) is 3.90. The van der Waals surface area contributed by atoms with Crippen LogP contribution in [0.25, 0.3) is 0 Å². The van der Waals surface area contributed by atoms with E-state index in [1.807, 2.05) is 11.9 Å². The van der Waals surface area contributed by atoms with Gasteiger partial charge in [0.1, 0.15) is 0 Å². The summed E-state index contributed by atoms with van der Waals surface area (Å²) in [5, 5.41) is 12.1. The zero-order valence-corrected chi connectivity index (χ0v) is 10.9. The van der Waals surface area contributed by atoms with Crippen LogP contribution in [0.5, 0.6) is 0 Å². The van der Waals surface area contributed by atoms with Crippen LogP contribution in [0.1, 0.15) is 18.1 Å². The van der Waals surface area contributed by atoms with Gasteiger partial charge in [0.2, 0.25) is 0 Å². The Balaban J connectivity index is 1.98. The highest BCUT2D eigenvalue weighted by molar-refractivity contribution is 5.69. The number of aliphatic carboxylic acids is 1. The molecule has 0 fully saturated rings. The van der Waals surface area contributed by atoms with E-state index in [4.69, 9.17) is 5.11 Å². The Morgan fingerprint density at radius 2 is 2.33 bits per heavy atom. The molecule has 1 unspecified atom stereocenters. The van der Waals surface area contributed by atoms with Crippen LogP contribution < -0.4 is 5.32 Å². The molecule has 18 heavy (non-hydrogen) atoms. The van der Waals surface area contributed by atoms with E-state index >= 15 is 0 Å². The average molecular weight is 248 g/mol. The lowest BCUT2D eigenvalue weighted by Crippen LogP contribution is -2.35. The molecule has 4 nitrogen and oxygen atoms in total. The second kappa shape index (κ2) is 5.40. The highest BCUT2D eigenvalue weighted by Crippen LogP contribution is 2.23. The Bertz CT molecular complexity index is 445. The number of hydrogen-bond acceptors (Lipinski definition) is 3. The maximum atomic E-state index is 10.7. The fourth-order valence-corrected chi connectivity index (χ4v) is 2.35. The number of nitrogens with zero attached hydrogens (tertiary/aromatic N) is 1. The molecule has 2 rings (SSSR count). The van der Waals surface area contributed by atoms with Crippen LogP contribution in [0.3, 0.4) is 0 Å². The molecule has 98 valence electrons. The normalized spacial score (nSPS) is 15.3. The van der Waals surface area contributed by atoms with E-state index in [0.29, 0.717) is 0 Å². The van der Waals surface area contributed by atoms with Crippen molar-refractivity contribution in [2.45, 2.75) is 25.8 Å². The predicted molar refractivity (Wildman–Crippen MR) is 72.1 cm³/mol. The number of benzene rings is 1. The van der Waals surface area contributed by atoms with Crippen LogP contribution in [0.2, 0.25) is 0 Å². The van der Waals surface area contributed by atoms with Gasteiger partial charge in [-0.05, 0) is 44.0 Å². The SMILES string of the molecule is CC(Cc1ccc2c(c1)CCN2)N(C)CC(=O)O. The quantitative estimate of drug-likeness (QED) is 0.831. The van der Waals surface area contributed by atoms with Crippen molar-refractivity contribution in [2.24, 2.45) is 0 Å². The molecule has 0 aromatic heterocycles.